The lowest BCUT2D eigenvalue weighted by Gasteiger charge is -2.35. The molecule has 2 N–H and O–H groups in total. The van der Waals surface area contributed by atoms with Crippen molar-refractivity contribution in [3.63, 3.8) is 0 Å². The summed E-state index contributed by atoms with van der Waals surface area (Å²) in [6.07, 6.45) is 0.0177. The van der Waals surface area contributed by atoms with Gasteiger partial charge in [0.05, 0.1) is 5.02 Å². The molecule has 0 saturated carbocycles. The molecule has 2 aromatic rings. The van der Waals surface area contributed by atoms with Gasteiger partial charge in [-0.1, -0.05) is 30.7 Å². The summed E-state index contributed by atoms with van der Waals surface area (Å²) in [5.41, 5.74) is 2.86. The van der Waals surface area contributed by atoms with Crippen molar-refractivity contribution in [2.75, 3.05) is 49.5 Å². The van der Waals surface area contributed by atoms with E-state index in [1.165, 1.54) is 12.1 Å². The Morgan fingerprint density at radius 3 is 2.45 bits per heavy atom. The lowest BCUT2D eigenvalue weighted by atomic mass is 10.1. The smallest absolute Gasteiger partial charge is 0.242 e. The van der Waals surface area contributed by atoms with Crippen LogP contribution in [0.15, 0.2) is 47.4 Å². The van der Waals surface area contributed by atoms with Crippen molar-refractivity contribution in [3.8, 4) is 0 Å². The highest BCUT2D eigenvalue weighted by molar-refractivity contribution is 7.89. The zero-order valence-electron chi connectivity index (χ0n) is 17.9. The fourth-order valence-electron chi connectivity index (χ4n) is 3.56. The highest BCUT2D eigenvalue weighted by atomic mass is 35.5. The molecule has 0 atom stereocenters. The number of sulfonamides is 1. The molecule has 1 amide bonds. The molecule has 1 fully saturated rings. The Hall–Kier alpha value is -2.13. The van der Waals surface area contributed by atoms with Crippen LogP contribution in [-0.2, 0) is 14.8 Å². The standard InChI is InChI=1S/C22H29ClN4O3S/c1-3-26-12-14-27(15-13-26)18-8-9-20(17(2)16-18)25-22(28)10-11-24-31(29,30)21-7-5-4-6-19(21)23/h4-9,16,24H,3,10-15H2,1-2H3,(H,25,28). The van der Waals surface area contributed by atoms with Gasteiger partial charge in [0.15, 0.2) is 0 Å². The van der Waals surface area contributed by atoms with Crippen molar-refractivity contribution in [1.29, 1.82) is 0 Å². The average Bonchev–Trinajstić information content (AvgIpc) is 2.75. The lowest BCUT2D eigenvalue weighted by molar-refractivity contribution is -0.116. The van der Waals surface area contributed by atoms with Crippen LogP contribution in [-0.4, -0.2) is 58.5 Å². The number of nitrogens with one attached hydrogen (secondary N) is 2. The summed E-state index contributed by atoms with van der Waals surface area (Å²) in [6, 6.07) is 12.2. The number of aryl methyl sites for hydroxylation is 1. The zero-order chi connectivity index (χ0) is 22.4. The SMILES string of the molecule is CCN1CCN(c2ccc(NC(=O)CCNS(=O)(=O)c3ccccc3Cl)c(C)c2)CC1. The van der Waals surface area contributed by atoms with E-state index in [-0.39, 0.29) is 28.8 Å². The topological polar surface area (TPSA) is 81.8 Å². The summed E-state index contributed by atoms with van der Waals surface area (Å²) in [6.45, 7) is 9.29. The summed E-state index contributed by atoms with van der Waals surface area (Å²) < 4.78 is 27.1. The zero-order valence-corrected chi connectivity index (χ0v) is 19.5. The van der Waals surface area contributed by atoms with E-state index in [0.717, 1.165) is 49.7 Å². The van der Waals surface area contributed by atoms with Gasteiger partial charge in [0.25, 0.3) is 0 Å². The van der Waals surface area contributed by atoms with Crippen LogP contribution in [0, 0.1) is 6.92 Å². The summed E-state index contributed by atoms with van der Waals surface area (Å²) in [4.78, 5) is 17.1. The van der Waals surface area contributed by atoms with Crippen LogP contribution in [0.3, 0.4) is 0 Å². The maximum absolute atomic E-state index is 12.3. The number of carbonyl (C=O) groups excluding carboxylic acids is 1. The lowest BCUT2D eigenvalue weighted by Crippen LogP contribution is -2.46. The number of rotatable bonds is 8. The fourth-order valence-corrected chi connectivity index (χ4v) is 5.11. The summed E-state index contributed by atoms with van der Waals surface area (Å²) in [7, 11) is -3.76. The molecule has 0 radical (unpaired) electrons. The fraction of sp³-hybridized carbons (Fsp3) is 0.409. The van der Waals surface area contributed by atoms with Crippen molar-refractivity contribution in [2.24, 2.45) is 0 Å². The van der Waals surface area contributed by atoms with E-state index in [2.05, 4.69) is 32.8 Å². The number of amides is 1. The number of anilines is 2. The van der Waals surface area contributed by atoms with Gasteiger partial charge >= 0.3 is 0 Å². The number of likely N-dealkylation sites (N-methyl/N-ethyl adjacent to an activating group) is 1. The van der Waals surface area contributed by atoms with Gasteiger partial charge in [-0.25, -0.2) is 13.1 Å². The number of carbonyl (C=O) groups is 1. The first-order chi connectivity index (χ1) is 14.8. The van der Waals surface area contributed by atoms with E-state index in [4.69, 9.17) is 11.6 Å². The van der Waals surface area contributed by atoms with E-state index in [1.54, 1.807) is 12.1 Å². The van der Waals surface area contributed by atoms with Crippen LogP contribution in [0.25, 0.3) is 0 Å². The monoisotopic (exact) mass is 464 g/mol. The Kier molecular flexibility index (Phi) is 7.94. The van der Waals surface area contributed by atoms with Crippen molar-refractivity contribution in [2.45, 2.75) is 25.2 Å². The molecule has 0 aromatic heterocycles. The van der Waals surface area contributed by atoms with Gasteiger partial charge in [-0.3, -0.25) is 4.79 Å². The van der Waals surface area contributed by atoms with E-state index >= 15 is 0 Å². The minimum absolute atomic E-state index is 0.00304. The van der Waals surface area contributed by atoms with Crippen molar-refractivity contribution in [3.05, 3.63) is 53.1 Å². The maximum atomic E-state index is 12.3. The van der Waals surface area contributed by atoms with Crippen LogP contribution in [0.4, 0.5) is 11.4 Å². The number of nitrogens with zero attached hydrogens (tertiary/aromatic N) is 2. The van der Waals surface area contributed by atoms with Gasteiger partial charge in [-0.15, -0.1) is 0 Å². The van der Waals surface area contributed by atoms with Crippen LogP contribution in [0.5, 0.6) is 0 Å². The predicted octanol–water partition coefficient (Wildman–Crippen LogP) is 3.10. The second kappa shape index (κ2) is 10.5. The number of hydrogen-bond acceptors (Lipinski definition) is 5. The van der Waals surface area contributed by atoms with Crippen molar-refractivity contribution >= 4 is 38.9 Å². The molecule has 168 valence electrons. The largest absolute Gasteiger partial charge is 0.369 e. The second-order valence-electron chi connectivity index (χ2n) is 7.55. The molecular formula is C22H29ClN4O3S. The van der Waals surface area contributed by atoms with Crippen LogP contribution in [0.1, 0.15) is 18.9 Å². The Morgan fingerprint density at radius 2 is 1.81 bits per heavy atom. The molecule has 1 saturated heterocycles. The highest BCUT2D eigenvalue weighted by Gasteiger charge is 2.18. The van der Waals surface area contributed by atoms with Gasteiger partial charge in [-0.05, 0) is 49.4 Å². The second-order valence-corrected chi connectivity index (χ2v) is 9.69. The third-order valence-corrected chi connectivity index (χ3v) is 7.40. The Bertz CT molecular complexity index is 1020. The van der Waals surface area contributed by atoms with Gasteiger partial charge < -0.3 is 15.1 Å². The number of hydrogen-bond donors (Lipinski definition) is 2. The summed E-state index contributed by atoms with van der Waals surface area (Å²) in [5, 5.41) is 3.01. The highest BCUT2D eigenvalue weighted by Crippen LogP contribution is 2.24. The van der Waals surface area contributed by atoms with E-state index in [1.807, 2.05) is 19.1 Å². The summed E-state index contributed by atoms with van der Waals surface area (Å²) in [5.74, 6) is -0.255. The normalized spacial score (nSPS) is 15.1. The number of piperazine rings is 1. The number of benzene rings is 2. The van der Waals surface area contributed by atoms with Crippen molar-refractivity contribution < 1.29 is 13.2 Å². The van der Waals surface area contributed by atoms with Gasteiger partial charge in [0.2, 0.25) is 15.9 Å². The van der Waals surface area contributed by atoms with Crippen LogP contribution < -0.4 is 14.9 Å². The molecule has 0 aliphatic carbocycles. The molecule has 1 aliphatic heterocycles. The molecule has 2 aromatic carbocycles. The Morgan fingerprint density at radius 1 is 1.10 bits per heavy atom. The molecule has 3 rings (SSSR count). The molecule has 0 spiro atoms. The molecular weight excluding hydrogens is 436 g/mol. The van der Waals surface area contributed by atoms with Crippen LogP contribution >= 0.6 is 11.6 Å². The predicted molar refractivity (Wildman–Crippen MR) is 125 cm³/mol. The van der Waals surface area contributed by atoms with Crippen LogP contribution in [0.2, 0.25) is 5.02 Å². The first-order valence-electron chi connectivity index (χ1n) is 10.4. The quantitative estimate of drug-likeness (QED) is 0.627. The molecule has 7 nitrogen and oxygen atoms in total. The van der Waals surface area contributed by atoms with Gasteiger partial charge in [-0.2, -0.15) is 0 Å². The maximum Gasteiger partial charge on any atom is 0.242 e. The third kappa shape index (κ3) is 6.20. The molecule has 1 heterocycles. The summed E-state index contributed by atoms with van der Waals surface area (Å²) >= 11 is 5.95. The molecule has 0 unspecified atom stereocenters. The number of halogens is 1. The first-order valence-corrected chi connectivity index (χ1v) is 12.3. The van der Waals surface area contributed by atoms with Crippen molar-refractivity contribution in [1.82, 2.24) is 9.62 Å². The average molecular weight is 465 g/mol. The van der Waals surface area contributed by atoms with E-state index in [0.29, 0.717) is 0 Å². The Labute approximate surface area is 189 Å². The minimum Gasteiger partial charge on any atom is -0.369 e. The Balaban J connectivity index is 1.52. The minimum atomic E-state index is -3.76. The third-order valence-electron chi connectivity index (χ3n) is 5.44. The van der Waals surface area contributed by atoms with E-state index in [9.17, 15) is 13.2 Å². The molecule has 9 heteroatoms. The van der Waals surface area contributed by atoms with Gasteiger partial charge in [0.1, 0.15) is 4.90 Å². The van der Waals surface area contributed by atoms with Gasteiger partial charge in [0, 0.05) is 50.5 Å². The first kappa shape index (κ1) is 23.5. The van der Waals surface area contributed by atoms with E-state index < -0.39 is 10.0 Å². The molecule has 1 aliphatic rings. The molecule has 31 heavy (non-hydrogen) atoms. The molecule has 0 bridgehead atoms.